The molecule has 24 heavy (non-hydrogen) atoms. The third-order valence-corrected chi connectivity index (χ3v) is 5.75. The number of hydrogen-bond acceptors (Lipinski definition) is 4. The van der Waals surface area contributed by atoms with Gasteiger partial charge in [-0.3, -0.25) is 4.79 Å². The first-order valence-electron chi connectivity index (χ1n) is 8.53. The maximum absolute atomic E-state index is 12.3. The van der Waals surface area contributed by atoms with Crippen LogP contribution in [0, 0.1) is 17.8 Å². The number of thioether (sulfide) groups is 1. The Hall–Kier alpha value is -1.49. The Labute approximate surface area is 148 Å². The van der Waals surface area contributed by atoms with Crippen LogP contribution in [0.5, 0.6) is 0 Å². The van der Waals surface area contributed by atoms with E-state index in [2.05, 4.69) is 20.8 Å². The zero-order chi connectivity index (χ0) is 17.7. The monoisotopic (exact) mass is 350 g/mol. The predicted molar refractivity (Wildman–Crippen MR) is 95.3 cm³/mol. The summed E-state index contributed by atoms with van der Waals surface area (Å²) < 4.78 is 5.75. The lowest BCUT2D eigenvalue weighted by molar-refractivity contribution is -0.152. The fourth-order valence-electron chi connectivity index (χ4n) is 3.36. The quantitative estimate of drug-likeness (QED) is 0.605. The van der Waals surface area contributed by atoms with Crippen molar-refractivity contribution in [3.05, 3.63) is 29.8 Å². The van der Waals surface area contributed by atoms with Gasteiger partial charge in [0.1, 0.15) is 6.10 Å². The molecule has 132 valence electrons. The summed E-state index contributed by atoms with van der Waals surface area (Å²) in [4.78, 5) is 24.1. The molecule has 5 heteroatoms. The summed E-state index contributed by atoms with van der Waals surface area (Å²) in [7, 11) is 0. The summed E-state index contributed by atoms with van der Waals surface area (Å²) in [6.07, 6.45) is 3.20. The molecular weight excluding hydrogens is 324 g/mol. The molecule has 0 saturated heterocycles. The van der Waals surface area contributed by atoms with Crippen LogP contribution in [0.2, 0.25) is 0 Å². The van der Waals surface area contributed by atoms with Crippen LogP contribution in [0.4, 0.5) is 0 Å². The van der Waals surface area contributed by atoms with Gasteiger partial charge in [-0.2, -0.15) is 0 Å². The number of ether oxygens (including phenoxy) is 1. The Morgan fingerprint density at radius 3 is 2.67 bits per heavy atom. The van der Waals surface area contributed by atoms with Crippen LogP contribution in [-0.4, -0.2) is 28.9 Å². The van der Waals surface area contributed by atoms with Crippen molar-refractivity contribution in [3.8, 4) is 0 Å². The lowest BCUT2D eigenvalue weighted by Crippen LogP contribution is -2.36. The molecule has 1 aromatic rings. The summed E-state index contributed by atoms with van der Waals surface area (Å²) in [6.45, 7) is 6.56. The zero-order valence-corrected chi connectivity index (χ0v) is 15.3. The Morgan fingerprint density at radius 2 is 2.00 bits per heavy atom. The van der Waals surface area contributed by atoms with Crippen LogP contribution in [0.15, 0.2) is 29.2 Å². The second-order valence-corrected chi connectivity index (χ2v) is 7.96. The molecule has 3 unspecified atom stereocenters. The van der Waals surface area contributed by atoms with E-state index < -0.39 is 5.97 Å². The van der Waals surface area contributed by atoms with Gasteiger partial charge in [-0.15, -0.1) is 11.8 Å². The maximum atomic E-state index is 12.3. The van der Waals surface area contributed by atoms with Gasteiger partial charge in [-0.05, 0) is 42.7 Å². The first kappa shape index (κ1) is 18.8. The number of carboxylic acid groups (broad SMARTS) is 1. The Kier molecular flexibility index (Phi) is 6.72. The smallest absolute Gasteiger partial charge is 0.336 e. The van der Waals surface area contributed by atoms with Gasteiger partial charge in [-0.25, -0.2) is 4.79 Å². The Morgan fingerprint density at radius 1 is 1.29 bits per heavy atom. The minimum absolute atomic E-state index is 0.0171. The molecule has 0 bridgehead atoms. The second-order valence-electron chi connectivity index (χ2n) is 6.94. The van der Waals surface area contributed by atoms with Gasteiger partial charge in [0.05, 0.1) is 11.3 Å². The molecule has 0 aromatic heterocycles. The normalized spacial score (nSPS) is 23.9. The largest absolute Gasteiger partial charge is 0.478 e. The van der Waals surface area contributed by atoms with Gasteiger partial charge in [-0.1, -0.05) is 39.3 Å². The van der Waals surface area contributed by atoms with Crippen molar-refractivity contribution >= 4 is 23.7 Å². The molecule has 0 aliphatic heterocycles. The van der Waals surface area contributed by atoms with Crippen LogP contribution in [0.25, 0.3) is 0 Å². The number of hydrogen-bond donors (Lipinski definition) is 1. The van der Waals surface area contributed by atoms with Gasteiger partial charge in [0.15, 0.2) is 0 Å². The lowest BCUT2D eigenvalue weighted by Gasteiger charge is -2.36. The number of aromatic carboxylic acids is 1. The molecule has 1 N–H and O–H groups in total. The number of rotatable bonds is 6. The molecule has 0 amide bonds. The Balaban J connectivity index is 1.94. The maximum Gasteiger partial charge on any atom is 0.336 e. The molecule has 1 saturated carbocycles. The van der Waals surface area contributed by atoms with Crippen molar-refractivity contribution in [3.63, 3.8) is 0 Å². The van der Waals surface area contributed by atoms with Gasteiger partial charge in [0, 0.05) is 4.90 Å². The van der Waals surface area contributed by atoms with Crippen LogP contribution < -0.4 is 0 Å². The van der Waals surface area contributed by atoms with Gasteiger partial charge < -0.3 is 9.84 Å². The highest BCUT2D eigenvalue weighted by Crippen LogP contribution is 2.35. The minimum atomic E-state index is -0.979. The van der Waals surface area contributed by atoms with E-state index in [4.69, 9.17) is 4.74 Å². The zero-order valence-electron chi connectivity index (χ0n) is 14.5. The van der Waals surface area contributed by atoms with Crippen LogP contribution in [0.1, 0.15) is 50.4 Å². The first-order chi connectivity index (χ1) is 11.4. The fraction of sp³-hybridized carbons (Fsp3) is 0.579. The topological polar surface area (TPSA) is 63.6 Å². The highest BCUT2D eigenvalue weighted by molar-refractivity contribution is 8.00. The molecule has 1 aliphatic carbocycles. The van der Waals surface area contributed by atoms with Crippen molar-refractivity contribution in [1.82, 2.24) is 0 Å². The van der Waals surface area contributed by atoms with E-state index in [0.717, 1.165) is 12.8 Å². The van der Waals surface area contributed by atoms with E-state index in [1.54, 1.807) is 24.3 Å². The van der Waals surface area contributed by atoms with E-state index in [-0.39, 0.29) is 23.4 Å². The van der Waals surface area contributed by atoms with E-state index in [1.165, 1.54) is 18.2 Å². The molecule has 3 atom stereocenters. The van der Waals surface area contributed by atoms with Crippen molar-refractivity contribution in [1.29, 1.82) is 0 Å². The number of benzene rings is 1. The highest BCUT2D eigenvalue weighted by atomic mass is 32.2. The fourth-order valence-corrected chi connectivity index (χ4v) is 4.19. The first-order valence-corrected chi connectivity index (χ1v) is 9.51. The molecule has 0 spiro atoms. The van der Waals surface area contributed by atoms with Crippen molar-refractivity contribution < 1.29 is 19.4 Å². The third-order valence-electron chi connectivity index (χ3n) is 4.71. The van der Waals surface area contributed by atoms with E-state index in [1.807, 2.05) is 0 Å². The van der Waals surface area contributed by atoms with Crippen LogP contribution in [-0.2, 0) is 9.53 Å². The predicted octanol–water partition coefficient (Wildman–Crippen LogP) is 4.48. The molecule has 0 heterocycles. The molecule has 1 fully saturated rings. The average molecular weight is 350 g/mol. The molecule has 1 aliphatic rings. The Bertz CT molecular complexity index is 584. The summed E-state index contributed by atoms with van der Waals surface area (Å²) in [5.74, 6) is 0.396. The van der Waals surface area contributed by atoms with E-state index in [9.17, 15) is 14.7 Å². The summed E-state index contributed by atoms with van der Waals surface area (Å²) in [5.41, 5.74) is 0.224. The number of carbonyl (C=O) groups excluding carboxylic acids is 1. The van der Waals surface area contributed by atoms with Crippen LogP contribution >= 0.6 is 11.8 Å². The van der Waals surface area contributed by atoms with Crippen molar-refractivity contribution in [2.75, 3.05) is 5.75 Å². The second kappa shape index (κ2) is 8.56. The summed E-state index contributed by atoms with van der Waals surface area (Å²) in [5, 5.41) is 9.19. The number of carbonyl (C=O) groups is 2. The number of carboxylic acids is 1. The molecule has 1 aromatic carbocycles. The van der Waals surface area contributed by atoms with E-state index in [0.29, 0.717) is 22.6 Å². The minimum Gasteiger partial charge on any atom is -0.478 e. The van der Waals surface area contributed by atoms with Crippen molar-refractivity contribution in [2.24, 2.45) is 17.8 Å². The lowest BCUT2D eigenvalue weighted by atomic mass is 9.75. The standard InChI is InChI=1S/C19H26O4S/c1-12(2)14-9-8-13(3)10-16(14)23-18(20)11-24-17-7-5-4-6-15(17)19(21)22/h4-7,12-14,16H,8-11H2,1-3H3,(H,21,22). The molecular formula is C19H26O4S. The molecule has 4 nitrogen and oxygen atoms in total. The number of esters is 1. The third kappa shape index (κ3) is 5.00. The molecule has 0 radical (unpaired) electrons. The van der Waals surface area contributed by atoms with Gasteiger partial charge >= 0.3 is 11.9 Å². The van der Waals surface area contributed by atoms with Crippen molar-refractivity contribution in [2.45, 2.75) is 51.0 Å². The summed E-state index contributed by atoms with van der Waals surface area (Å²) in [6, 6.07) is 6.73. The molecule has 2 rings (SSSR count). The van der Waals surface area contributed by atoms with Gasteiger partial charge in [0.2, 0.25) is 0 Å². The summed E-state index contributed by atoms with van der Waals surface area (Å²) >= 11 is 1.23. The average Bonchev–Trinajstić information content (AvgIpc) is 2.53. The SMILES string of the molecule is CC1CCC(C(C)C)C(OC(=O)CSc2ccccc2C(=O)O)C1. The van der Waals surface area contributed by atoms with Gasteiger partial charge in [0.25, 0.3) is 0 Å². The highest BCUT2D eigenvalue weighted by Gasteiger charge is 2.33. The van der Waals surface area contributed by atoms with E-state index >= 15 is 0 Å². The van der Waals surface area contributed by atoms with Crippen LogP contribution in [0.3, 0.4) is 0 Å².